The fraction of sp³-hybridized carbons (Fsp3) is 0.909. The van der Waals surface area contributed by atoms with Gasteiger partial charge in [-0.05, 0) is 18.3 Å². The minimum absolute atomic E-state index is 0.0649. The Balaban J connectivity index is 3.59. The third-order valence-electron chi connectivity index (χ3n) is 2.45. The van der Waals surface area contributed by atoms with Crippen LogP contribution in [0.2, 0.25) is 0 Å². The minimum Gasteiger partial charge on any atom is -0.355 e. The van der Waals surface area contributed by atoms with E-state index in [-0.39, 0.29) is 11.8 Å². The average molecular weight is 220 g/mol. The number of carbonyl (C=O) groups excluding carboxylic acids is 1. The first-order valence-corrected chi connectivity index (χ1v) is 5.88. The SMILES string of the molecule is CCCCC(C)(C)CCNC(=O)CCl. The van der Waals surface area contributed by atoms with E-state index in [1.807, 2.05) is 0 Å². The van der Waals surface area contributed by atoms with Gasteiger partial charge in [0.1, 0.15) is 5.88 Å². The molecule has 0 aromatic rings. The molecule has 1 N–H and O–H groups in total. The van der Waals surface area contributed by atoms with Gasteiger partial charge in [-0.25, -0.2) is 0 Å². The van der Waals surface area contributed by atoms with Gasteiger partial charge in [0.15, 0.2) is 0 Å². The highest BCUT2D eigenvalue weighted by Crippen LogP contribution is 2.26. The van der Waals surface area contributed by atoms with Crippen LogP contribution in [0.4, 0.5) is 0 Å². The molecule has 0 saturated carbocycles. The lowest BCUT2D eigenvalue weighted by Gasteiger charge is -2.24. The van der Waals surface area contributed by atoms with E-state index in [4.69, 9.17) is 11.6 Å². The van der Waals surface area contributed by atoms with Gasteiger partial charge in [-0.15, -0.1) is 11.6 Å². The minimum atomic E-state index is -0.0713. The Morgan fingerprint density at radius 1 is 1.36 bits per heavy atom. The third-order valence-corrected chi connectivity index (χ3v) is 2.70. The maximum absolute atomic E-state index is 10.9. The van der Waals surface area contributed by atoms with Crippen LogP contribution in [0.15, 0.2) is 0 Å². The normalized spacial score (nSPS) is 11.4. The lowest BCUT2D eigenvalue weighted by molar-refractivity contribution is -0.118. The topological polar surface area (TPSA) is 29.1 Å². The molecule has 0 unspecified atom stereocenters. The molecular weight excluding hydrogens is 198 g/mol. The maximum atomic E-state index is 10.9. The van der Waals surface area contributed by atoms with Crippen LogP contribution in [0.5, 0.6) is 0 Å². The van der Waals surface area contributed by atoms with E-state index in [0.29, 0.717) is 5.41 Å². The summed E-state index contributed by atoms with van der Waals surface area (Å²) in [5.74, 6) is -0.00647. The zero-order valence-corrected chi connectivity index (χ0v) is 10.3. The van der Waals surface area contributed by atoms with Gasteiger partial charge in [-0.3, -0.25) is 4.79 Å². The smallest absolute Gasteiger partial charge is 0.234 e. The largest absolute Gasteiger partial charge is 0.355 e. The van der Waals surface area contributed by atoms with E-state index in [9.17, 15) is 4.79 Å². The van der Waals surface area contributed by atoms with Crippen molar-refractivity contribution in [3.63, 3.8) is 0 Å². The van der Waals surface area contributed by atoms with Crippen LogP contribution in [0, 0.1) is 5.41 Å². The summed E-state index contributed by atoms with van der Waals surface area (Å²) >= 11 is 5.37. The van der Waals surface area contributed by atoms with Crippen molar-refractivity contribution in [3.05, 3.63) is 0 Å². The van der Waals surface area contributed by atoms with Gasteiger partial charge in [0.2, 0.25) is 5.91 Å². The molecule has 0 aromatic heterocycles. The maximum Gasteiger partial charge on any atom is 0.234 e. The standard InChI is InChI=1S/C11H22ClNO/c1-4-5-6-11(2,3)7-8-13-10(14)9-12/h4-9H2,1-3H3,(H,13,14). The fourth-order valence-corrected chi connectivity index (χ4v) is 1.46. The number of hydrogen-bond acceptors (Lipinski definition) is 1. The monoisotopic (exact) mass is 219 g/mol. The summed E-state index contributed by atoms with van der Waals surface area (Å²) in [6.07, 6.45) is 4.74. The molecule has 0 bridgehead atoms. The number of amides is 1. The van der Waals surface area contributed by atoms with Crippen LogP contribution in [0.3, 0.4) is 0 Å². The highest BCUT2D eigenvalue weighted by Gasteiger charge is 2.16. The van der Waals surface area contributed by atoms with Crippen molar-refractivity contribution in [1.29, 1.82) is 0 Å². The number of unbranched alkanes of at least 4 members (excludes halogenated alkanes) is 1. The molecule has 0 atom stereocenters. The van der Waals surface area contributed by atoms with Crippen LogP contribution in [0.1, 0.15) is 46.5 Å². The summed E-state index contributed by atoms with van der Waals surface area (Å²) in [7, 11) is 0. The van der Waals surface area contributed by atoms with Crippen molar-refractivity contribution in [2.45, 2.75) is 46.5 Å². The number of hydrogen-bond donors (Lipinski definition) is 1. The second kappa shape index (κ2) is 7.10. The summed E-state index contributed by atoms with van der Waals surface area (Å²) in [6, 6.07) is 0. The lowest BCUT2D eigenvalue weighted by Crippen LogP contribution is -2.28. The Morgan fingerprint density at radius 3 is 2.50 bits per heavy atom. The van der Waals surface area contributed by atoms with Gasteiger partial charge in [0.25, 0.3) is 0 Å². The van der Waals surface area contributed by atoms with Gasteiger partial charge >= 0.3 is 0 Å². The Bertz CT molecular complexity index is 169. The Morgan fingerprint density at radius 2 is 2.00 bits per heavy atom. The van der Waals surface area contributed by atoms with Crippen molar-refractivity contribution >= 4 is 17.5 Å². The van der Waals surface area contributed by atoms with E-state index in [0.717, 1.165) is 13.0 Å². The Hall–Kier alpha value is -0.240. The molecule has 0 fully saturated rings. The molecule has 14 heavy (non-hydrogen) atoms. The van der Waals surface area contributed by atoms with Gasteiger partial charge in [-0.2, -0.15) is 0 Å². The molecule has 0 saturated heterocycles. The highest BCUT2D eigenvalue weighted by atomic mass is 35.5. The Labute approximate surface area is 92.4 Å². The van der Waals surface area contributed by atoms with E-state index < -0.39 is 0 Å². The molecule has 0 heterocycles. The fourth-order valence-electron chi connectivity index (χ4n) is 1.37. The molecule has 0 aliphatic carbocycles. The molecule has 0 spiro atoms. The first-order valence-electron chi connectivity index (χ1n) is 5.34. The first kappa shape index (κ1) is 13.8. The van der Waals surface area contributed by atoms with Crippen LogP contribution in [-0.4, -0.2) is 18.3 Å². The van der Waals surface area contributed by atoms with Crippen molar-refractivity contribution < 1.29 is 4.79 Å². The lowest BCUT2D eigenvalue weighted by atomic mass is 9.84. The van der Waals surface area contributed by atoms with Crippen molar-refractivity contribution in [1.82, 2.24) is 5.32 Å². The van der Waals surface area contributed by atoms with Gasteiger partial charge in [-0.1, -0.05) is 33.6 Å². The Kier molecular flexibility index (Phi) is 6.98. The second-order valence-corrected chi connectivity index (χ2v) is 4.77. The summed E-state index contributed by atoms with van der Waals surface area (Å²) in [6.45, 7) is 7.43. The number of alkyl halides is 1. The second-order valence-electron chi connectivity index (χ2n) is 4.50. The highest BCUT2D eigenvalue weighted by molar-refractivity contribution is 6.27. The summed E-state index contributed by atoms with van der Waals surface area (Å²) < 4.78 is 0. The molecule has 0 aromatic carbocycles. The van der Waals surface area contributed by atoms with Crippen LogP contribution in [0.25, 0.3) is 0 Å². The summed E-state index contributed by atoms with van der Waals surface area (Å²) in [5, 5.41) is 2.79. The molecule has 1 amide bonds. The zero-order chi connectivity index (χ0) is 11.0. The molecule has 84 valence electrons. The summed E-state index contributed by atoms with van der Waals surface area (Å²) in [4.78, 5) is 10.9. The van der Waals surface area contributed by atoms with Crippen LogP contribution < -0.4 is 5.32 Å². The number of halogens is 1. The predicted octanol–water partition coefficient (Wildman–Crippen LogP) is 2.95. The average Bonchev–Trinajstić information content (AvgIpc) is 2.14. The van der Waals surface area contributed by atoms with Gasteiger partial charge < -0.3 is 5.32 Å². The molecule has 0 aliphatic heterocycles. The van der Waals surface area contributed by atoms with Crippen molar-refractivity contribution in [3.8, 4) is 0 Å². The van der Waals surface area contributed by atoms with Gasteiger partial charge in [0.05, 0.1) is 0 Å². The van der Waals surface area contributed by atoms with E-state index in [1.165, 1.54) is 19.3 Å². The van der Waals surface area contributed by atoms with Crippen molar-refractivity contribution in [2.75, 3.05) is 12.4 Å². The molecular formula is C11H22ClNO. The third kappa shape index (κ3) is 7.19. The van der Waals surface area contributed by atoms with Crippen LogP contribution >= 0.6 is 11.6 Å². The van der Waals surface area contributed by atoms with Crippen LogP contribution in [-0.2, 0) is 4.79 Å². The predicted molar refractivity (Wildman–Crippen MR) is 61.7 cm³/mol. The number of rotatable bonds is 7. The molecule has 2 nitrogen and oxygen atoms in total. The van der Waals surface area contributed by atoms with E-state index >= 15 is 0 Å². The molecule has 0 rings (SSSR count). The first-order chi connectivity index (χ1) is 6.52. The molecule has 0 radical (unpaired) electrons. The van der Waals surface area contributed by atoms with Gasteiger partial charge in [0, 0.05) is 6.54 Å². The quantitative estimate of drug-likeness (QED) is 0.656. The van der Waals surface area contributed by atoms with E-state index in [1.54, 1.807) is 0 Å². The number of nitrogens with one attached hydrogen (secondary N) is 1. The van der Waals surface area contributed by atoms with Crippen molar-refractivity contribution in [2.24, 2.45) is 5.41 Å². The molecule has 3 heteroatoms. The summed E-state index contributed by atoms with van der Waals surface area (Å²) in [5.41, 5.74) is 0.329. The van der Waals surface area contributed by atoms with E-state index in [2.05, 4.69) is 26.1 Å². The zero-order valence-electron chi connectivity index (χ0n) is 9.53. The number of carbonyl (C=O) groups is 1. The molecule has 0 aliphatic rings.